The Morgan fingerprint density at radius 3 is 2.21 bits per heavy atom. The monoisotopic (exact) mass is 256 g/mol. The van der Waals surface area contributed by atoms with Crippen LogP contribution in [0.2, 0.25) is 0 Å². The average Bonchev–Trinajstić information content (AvgIpc) is 2.15. The Labute approximate surface area is 95.1 Å². The van der Waals surface area contributed by atoms with Crippen molar-refractivity contribution < 1.29 is 9.05 Å². The summed E-state index contributed by atoms with van der Waals surface area (Å²) in [7, 11) is 1.70. The van der Waals surface area contributed by atoms with Crippen LogP contribution in [-0.4, -0.2) is 31.7 Å². The molecule has 14 heavy (non-hydrogen) atoms. The van der Waals surface area contributed by atoms with Crippen LogP contribution in [0, 0.1) is 0 Å². The van der Waals surface area contributed by atoms with E-state index in [1.807, 2.05) is 20.1 Å². The van der Waals surface area contributed by atoms with E-state index < -0.39 is 6.64 Å². The first-order valence-electron chi connectivity index (χ1n) is 4.30. The molecule has 0 rings (SSSR count). The van der Waals surface area contributed by atoms with Crippen LogP contribution in [0.15, 0.2) is 4.99 Å². The van der Waals surface area contributed by atoms with E-state index >= 15 is 0 Å². The summed E-state index contributed by atoms with van der Waals surface area (Å²) >= 11 is 6.76. The van der Waals surface area contributed by atoms with Crippen LogP contribution < -0.4 is 5.09 Å². The van der Waals surface area contributed by atoms with E-state index in [1.165, 1.54) is 11.8 Å². The van der Waals surface area contributed by atoms with Gasteiger partial charge in [0.1, 0.15) is 0 Å². The molecule has 0 radical (unpaired) electrons. The Morgan fingerprint density at radius 1 is 1.43 bits per heavy atom. The first-order chi connectivity index (χ1) is 6.61. The van der Waals surface area contributed by atoms with E-state index in [1.54, 1.807) is 7.05 Å². The van der Waals surface area contributed by atoms with Gasteiger partial charge in [0.15, 0.2) is 5.17 Å². The molecule has 0 aromatic heterocycles. The molecule has 0 bridgehead atoms. The third-order valence-corrected chi connectivity index (χ3v) is 4.64. The highest BCUT2D eigenvalue weighted by atomic mass is 32.5. The summed E-state index contributed by atoms with van der Waals surface area (Å²) in [5, 5.41) is 3.77. The lowest BCUT2D eigenvalue weighted by molar-refractivity contribution is 0.263. The van der Waals surface area contributed by atoms with Gasteiger partial charge < -0.3 is 9.05 Å². The van der Waals surface area contributed by atoms with Crippen molar-refractivity contribution in [3.8, 4) is 0 Å². The molecule has 0 aromatic carbocycles. The Morgan fingerprint density at radius 2 is 1.93 bits per heavy atom. The number of hydrogen-bond donors (Lipinski definition) is 1. The number of nitrogens with zero attached hydrogens (tertiary/aromatic N) is 1. The number of hydrogen-bond acceptors (Lipinski definition) is 5. The molecule has 0 spiro atoms. The van der Waals surface area contributed by atoms with Gasteiger partial charge in [0, 0.05) is 7.05 Å². The van der Waals surface area contributed by atoms with Gasteiger partial charge >= 0.3 is 0 Å². The highest BCUT2D eigenvalue weighted by Crippen LogP contribution is 2.44. The molecule has 0 amide bonds. The van der Waals surface area contributed by atoms with Crippen LogP contribution in [0.1, 0.15) is 13.8 Å². The Hall–Kier alpha value is 0.390. The van der Waals surface area contributed by atoms with Crippen LogP contribution >= 0.6 is 18.4 Å². The second kappa shape index (κ2) is 7.65. The Bertz CT molecular complexity index is 226. The summed E-state index contributed by atoms with van der Waals surface area (Å²) in [5.74, 6) is 0. The zero-order chi connectivity index (χ0) is 11.0. The maximum atomic E-state index is 5.40. The molecule has 0 saturated heterocycles. The zero-order valence-corrected chi connectivity index (χ0v) is 11.5. The second-order valence-electron chi connectivity index (χ2n) is 2.18. The van der Waals surface area contributed by atoms with Gasteiger partial charge in [0.25, 0.3) is 6.64 Å². The summed E-state index contributed by atoms with van der Waals surface area (Å²) in [4.78, 5) is 4.03. The van der Waals surface area contributed by atoms with Gasteiger partial charge in [-0.1, -0.05) is 11.8 Å². The summed E-state index contributed by atoms with van der Waals surface area (Å²) in [6, 6.07) is 0. The highest BCUT2D eigenvalue weighted by Gasteiger charge is 2.18. The lowest BCUT2D eigenvalue weighted by atomic mass is 10.9. The molecule has 0 aromatic rings. The predicted octanol–water partition coefficient (Wildman–Crippen LogP) is 2.22. The van der Waals surface area contributed by atoms with Crippen molar-refractivity contribution in [1.29, 1.82) is 0 Å². The molecule has 0 atom stereocenters. The number of thioether (sulfide) groups is 1. The van der Waals surface area contributed by atoms with E-state index in [2.05, 4.69) is 10.1 Å². The molecule has 84 valence electrons. The molecule has 0 unspecified atom stereocenters. The van der Waals surface area contributed by atoms with Gasteiger partial charge in [-0.15, -0.1) is 0 Å². The average molecular weight is 256 g/mol. The van der Waals surface area contributed by atoms with Crippen molar-refractivity contribution in [3.05, 3.63) is 0 Å². The summed E-state index contributed by atoms with van der Waals surface area (Å²) in [6.45, 7) is 2.48. The molecular weight excluding hydrogens is 239 g/mol. The standard InChI is InChI=1S/C7H17N2O2PS2/c1-5-10-12(13,11-6-2)9-7(8-3)14-4/h5-6H2,1-4H3,(H,8,9,13). The van der Waals surface area contributed by atoms with Crippen LogP contribution in [0.4, 0.5) is 0 Å². The third kappa shape index (κ3) is 5.32. The number of amidine groups is 1. The smallest absolute Gasteiger partial charge is 0.289 e. The minimum atomic E-state index is -2.38. The van der Waals surface area contributed by atoms with Crippen molar-refractivity contribution in [3.63, 3.8) is 0 Å². The minimum absolute atomic E-state index is 0.537. The topological polar surface area (TPSA) is 42.8 Å². The largest absolute Gasteiger partial charge is 0.314 e. The normalized spacial score (nSPS) is 13.0. The molecule has 7 heteroatoms. The van der Waals surface area contributed by atoms with Gasteiger partial charge in [-0.25, -0.2) is 0 Å². The van der Waals surface area contributed by atoms with E-state index in [4.69, 9.17) is 20.9 Å². The van der Waals surface area contributed by atoms with Crippen LogP contribution in [0.25, 0.3) is 0 Å². The molecule has 0 saturated carbocycles. The summed E-state index contributed by atoms with van der Waals surface area (Å²) in [6.07, 6.45) is 1.92. The third-order valence-electron chi connectivity index (χ3n) is 1.23. The van der Waals surface area contributed by atoms with Crippen LogP contribution in [0.5, 0.6) is 0 Å². The fraction of sp³-hybridized carbons (Fsp3) is 0.857. The predicted molar refractivity (Wildman–Crippen MR) is 67.5 cm³/mol. The molecule has 0 heterocycles. The number of nitrogens with one attached hydrogen (secondary N) is 1. The van der Waals surface area contributed by atoms with Crippen molar-refractivity contribution in [2.75, 3.05) is 26.5 Å². The van der Waals surface area contributed by atoms with E-state index in [-0.39, 0.29) is 0 Å². The fourth-order valence-electron chi connectivity index (χ4n) is 0.746. The summed E-state index contributed by atoms with van der Waals surface area (Å²) in [5.41, 5.74) is 0. The second-order valence-corrected chi connectivity index (χ2v) is 6.15. The Kier molecular flexibility index (Phi) is 7.86. The molecule has 4 nitrogen and oxygen atoms in total. The quantitative estimate of drug-likeness (QED) is 0.464. The van der Waals surface area contributed by atoms with Gasteiger partial charge in [-0.05, 0) is 31.9 Å². The van der Waals surface area contributed by atoms with E-state index in [0.29, 0.717) is 13.2 Å². The minimum Gasteiger partial charge on any atom is -0.314 e. The van der Waals surface area contributed by atoms with Crippen molar-refractivity contribution in [2.24, 2.45) is 4.99 Å². The van der Waals surface area contributed by atoms with Crippen molar-refractivity contribution >= 4 is 35.4 Å². The summed E-state index contributed by atoms with van der Waals surface area (Å²) < 4.78 is 10.8. The Balaban J connectivity index is 4.42. The van der Waals surface area contributed by atoms with Crippen LogP contribution in [-0.2, 0) is 20.9 Å². The molecular formula is C7H17N2O2PS2. The van der Waals surface area contributed by atoms with E-state index in [9.17, 15) is 0 Å². The van der Waals surface area contributed by atoms with Gasteiger partial charge in [-0.2, -0.15) is 0 Å². The lowest BCUT2D eigenvalue weighted by Crippen LogP contribution is -2.20. The van der Waals surface area contributed by atoms with Gasteiger partial charge in [0.05, 0.1) is 13.2 Å². The molecule has 0 fully saturated rings. The maximum absolute atomic E-state index is 5.40. The molecule has 0 aliphatic rings. The first kappa shape index (κ1) is 14.4. The number of aliphatic imine (C=N–C) groups is 1. The lowest BCUT2D eigenvalue weighted by Gasteiger charge is -2.22. The van der Waals surface area contributed by atoms with E-state index in [0.717, 1.165) is 5.17 Å². The van der Waals surface area contributed by atoms with Gasteiger partial charge in [-0.3, -0.25) is 10.1 Å². The van der Waals surface area contributed by atoms with Crippen LogP contribution in [0.3, 0.4) is 0 Å². The van der Waals surface area contributed by atoms with Gasteiger partial charge in [0.2, 0.25) is 0 Å². The first-order valence-corrected chi connectivity index (χ1v) is 8.16. The SMILES string of the molecule is CCOP(=S)(NC(=NC)SC)OCC. The molecule has 0 aliphatic carbocycles. The zero-order valence-electron chi connectivity index (χ0n) is 8.94. The number of rotatable bonds is 5. The fourth-order valence-corrected chi connectivity index (χ4v) is 3.94. The van der Waals surface area contributed by atoms with Crippen molar-refractivity contribution in [1.82, 2.24) is 5.09 Å². The van der Waals surface area contributed by atoms with Crippen molar-refractivity contribution in [2.45, 2.75) is 13.8 Å². The molecule has 1 N–H and O–H groups in total. The maximum Gasteiger partial charge on any atom is 0.289 e. The molecule has 0 aliphatic heterocycles. The highest BCUT2D eigenvalue weighted by molar-refractivity contribution is 8.15.